The Morgan fingerprint density at radius 2 is 2.16 bits per heavy atom. The van der Waals surface area contributed by atoms with Gasteiger partial charge in [0.25, 0.3) is 0 Å². The second-order valence-corrected chi connectivity index (χ2v) is 5.31. The molecule has 19 heavy (non-hydrogen) atoms. The molecule has 4 nitrogen and oxygen atoms in total. The summed E-state index contributed by atoms with van der Waals surface area (Å²) < 4.78 is 5.22. The van der Waals surface area contributed by atoms with E-state index in [9.17, 15) is 0 Å². The van der Waals surface area contributed by atoms with E-state index in [1.54, 1.807) is 7.11 Å². The summed E-state index contributed by atoms with van der Waals surface area (Å²) in [6, 6.07) is 0. The molecule has 0 aromatic rings. The summed E-state index contributed by atoms with van der Waals surface area (Å²) in [7, 11) is 3.61. The molecular weight excluding hydrogens is 238 g/mol. The van der Waals surface area contributed by atoms with E-state index in [0.29, 0.717) is 5.41 Å². The molecule has 1 aliphatic carbocycles. The van der Waals surface area contributed by atoms with E-state index in [2.05, 4.69) is 27.8 Å². The third kappa shape index (κ3) is 5.64. The first-order chi connectivity index (χ1) is 9.26. The van der Waals surface area contributed by atoms with Crippen molar-refractivity contribution in [1.29, 1.82) is 0 Å². The molecule has 0 aromatic heterocycles. The van der Waals surface area contributed by atoms with Crippen molar-refractivity contribution < 1.29 is 4.74 Å². The van der Waals surface area contributed by atoms with E-state index < -0.39 is 0 Å². The monoisotopic (exact) mass is 267 g/mol. The predicted octanol–water partition coefficient (Wildman–Crippen LogP) is 2.32. The molecule has 0 atom stereocenters. The first-order valence-corrected chi connectivity index (χ1v) is 7.31. The first kappa shape index (κ1) is 16.0. The Labute approximate surface area is 117 Å². The lowest BCUT2D eigenvalue weighted by Crippen LogP contribution is -2.47. The van der Waals surface area contributed by atoms with Gasteiger partial charge in [0.2, 0.25) is 0 Å². The molecule has 0 aromatic carbocycles. The molecular formula is C15H29N3O. The fourth-order valence-corrected chi connectivity index (χ4v) is 2.44. The van der Waals surface area contributed by atoms with Gasteiger partial charge in [-0.2, -0.15) is 0 Å². The van der Waals surface area contributed by atoms with Crippen LogP contribution in [0.25, 0.3) is 0 Å². The summed E-state index contributed by atoms with van der Waals surface area (Å²) in [5.74, 6) is 0.910. The molecule has 110 valence electrons. The van der Waals surface area contributed by atoms with Crippen molar-refractivity contribution in [1.82, 2.24) is 10.6 Å². The lowest BCUT2D eigenvalue weighted by Gasteiger charge is -2.42. The van der Waals surface area contributed by atoms with Gasteiger partial charge >= 0.3 is 0 Å². The standard InChI is InChI=1S/C15H29N3O/c1-4-5-6-11-17-14(16-2)18-13-15(8-7-9-15)10-12-19-3/h4-5H,6-13H2,1-3H3,(H2,16,17,18)/b5-4+. The van der Waals surface area contributed by atoms with Gasteiger partial charge in [0.05, 0.1) is 0 Å². The Balaban J connectivity index is 2.27. The van der Waals surface area contributed by atoms with E-state index in [0.717, 1.165) is 38.5 Å². The van der Waals surface area contributed by atoms with E-state index in [4.69, 9.17) is 4.74 Å². The number of aliphatic imine (C=N–C) groups is 1. The van der Waals surface area contributed by atoms with Gasteiger partial charge in [-0.25, -0.2) is 0 Å². The average Bonchev–Trinajstić information content (AvgIpc) is 2.39. The van der Waals surface area contributed by atoms with Gasteiger partial charge in [-0.05, 0) is 38.0 Å². The summed E-state index contributed by atoms with van der Waals surface area (Å²) in [6.07, 6.45) is 10.4. The number of methoxy groups -OCH3 is 1. The van der Waals surface area contributed by atoms with Crippen molar-refractivity contribution >= 4 is 5.96 Å². The summed E-state index contributed by atoms with van der Waals surface area (Å²) in [6.45, 7) is 4.83. The molecule has 4 heteroatoms. The third-order valence-electron chi connectivity index (χ3n) is 3.94. The largest absolute Gasteiger partial charge is 0.385 e. The van der Waals surface area contributed by atoms with Gasteiger partial charge in [0, 0.05) is 33.9 Å². The highest BCUT2D eigenvalue weighted by Gasteiger charge is 2.36. The number of hydrogen-bond acceptors (Lipinski definition) is 2. The number of allylic oxidation sites excluding steroid dienone is 1. The number of nitrogens with zero attached hydrogens (tertiary/aromatic N) is 1. The minimum atomic E-state index is 0.428. The van der Waals surface area contributed by atoms with Crippen molar-refractivity contribution in [3.63, 3.8) is 0 Å². The molecule has 0 amide bonds. The fourth-order valence-electron chi connectivity index (χ4n) is 2.44. The molecule has 1 rings (SSSR count). The zero-order chi connectivity index (χ0) is 14.0. The highest BCUT2D eigenvalue weighted by Crippen LogP contribution is 2.43. The predicted molar refractivity (Wildman–Crippen MR) is 81.6 cm³/mol. The number of rotatable bonds is 8. The van der Waals surface area contributed by atoms with E-state index >= 15 is 0 Å². The fraction of sp³-hybridized carbons (Fsp3) is 0.800. The third-order valence-corrected chi connectivity index (χ3v) is 3.94. The zero-order valence-electron chi connectivity index (χ0n) is 12.7. The smallest absolute Gasteiger partial charge is 0.191 e. The van der Waals surface area contributed by atoms with Gasteiger partial charge in [-0.3, -0.25) is 4.99 Å². The maximum absolute atomic E-state index is 5.22. The highest BCUT2D eigenvalue weighted by atomic mass is 16.5. The van der Waals surface area contributed by atoms with E-state index in [1.807, 2.05) is 14.0 Å². The van der Waals surface area contributed by atoms with Crippen LogP contribution in [0.2, 0.25) is 0 Å². The lowest BCUT2D eigenvalue weighted by atomic mass is 9.67. The molecule has 0 radical (unpaired) electrons. The zero-order valence-corrected chi connectivity index (χ0v) is 12.7. The van der Waals surface area contributed by atoms with Gasteiger partial charge in [-0.15, -0.1) is 0 Å². The van der Waals surface area contributed by atoms with E-state index in [-0.39, 0.29) is 0 Å². The molecule has 0 spiro atoms. The van der Waals surface area contributed by atoms with Crippen LogP contribution >= 0.6 is 0 Å². The molecule has 0 aliphatic heterocycles. The maximum atomic E-state index is 5.22. The van der Waals surface area contributed by atoms with Gasteiger partial charge in [0.1, 0.15) is 0 Å². The minimum absolute atomic E-state index is 0.428. The summed E-state index contributed by atoms with van der Waals surface area (Å²) in [4.78, 5) is 4.27. The Hall–Kier alpha value is -1.03. The molecule has 0 unspecified atom stereocenters. The number of hydrogen-bond donors (Lipinski definition) is 2. The Morgan fingerprint density at radius 3 is 2.68 bits per heavy atom. The number of ether oxygens (including phenoxy) is 1. The first-order valence-electron chi connectivity index (χ1n) is 7.31. The molecule has 1 fully saturated rings. The summed E-state index contributed by atoms with van der Waals surface area (Å²) in [5, 5.41) is 6.79. The van der Waals surface area contributed by atoms with Crippen molar-refractivity contribution in [3.05, 3.63) is 12.2 Å². The number of nitrogens with one attached hydrogen (secondary N) is 2. The maximum Gasteiger partial charge on any atom is 0.191 e. The van der Waals surface area contributed by atoms with Crippen molar-refractivity contribution in [2.45, 2.75) is 39.0 Å². The molecule has 0 bridgehead atoms. The van der Waals surface area contributed by atoms with E-state index in [1.165, 1.54) is 19.3 Å². The van der Waals surface area contributed by atoms with Crippen LogP contribution in [0, 0.1) is 5.41 Å². The number of guanidine groups is 1. The van der Waals surface area contributed by atoms with Crippen LogP contribution in [-0.4, -0.2) is 39.8 Å². The van der Waals surface area contributed by atoms with Crippen LogP contribution in [0.4, 0.5) is 0 Å². The van der Waals surface area contributed by atoms with Crippen molar-refractivity contribution in [2.75, 3.05) is 33.9 Å². The van der Waals surface area contributed by atoms with Gasteiger partial charge in [0.15, 0.2) is 5.96 Å². The Bertz CT molecular complexity index is 296. The Kier molecular flexibility index (Phi) is 7.56. The SMILES string of the molecule is C/C=C/CCNC(=NC)NCC1(CCOC)CCC1. The molecule has 2 N–H and O–H groups in total. The van der Waals surface area contributed by atoms with Crippen LogP contribution in [0.5, 0.6) is 0 Å². The average molecular weight is 267 g/mol. The van der Waals surface area contributed by atoms with Crippen LogP contribution in [-0.2, 0) is 4.74 Å². The molecule has 0 heterocycles. The quantitative estimate of drug-likeness (QED) is 0.307. The molecule has 0 saturated heterocycles. The Morgan fingerprint density at radius 1 is 1.37 bits per heavy atom. The minimum Gasteiger partial charge on any atom is -0.385 e. The lowest BCUT2D eigenvalue weighted by molar-refractivity contribution is 0.0732. The second-order valence-electron chi connectivity index (χ2n) is 5.31. The molecule has 1 aliphatic rings. The van der Waals surface area contributed by atoms with Crippen LogP contribution in [0.15, 0.2) is 17.1 Å². The summed E-state index contributed by atoms with van der Waals surface area (Å²) >= 11 is 0. The summed E-state index contributed by atoms with van der Waals surface area (Å²) in [5.41, 5.74) is 0.428. The molecule has 1 saturated carbocycles. The van der Waals surface area contributed by atoms with Crippen LogP contribution < -0.4 is 10.6 Å². The normalized spacial score (nSPS) is 18.4. The van der Waals surface area contributed by atoms with Gasteiger partial charge in [-0.1, -0.05) is 18.6 Å². The van der Waals surface area contributed by atoms with Crippen LogP contribution in [0.3, 0.4) is 0 Å². The van der Waals surface area contributed by atoms with Gasteiger partial charge < -0.3 is 15.4 Å². The second kappa shape index (κ2) is 8.97. The topological polar surface area (TPSA) is 45.7 Å². The van der Waals surface area contributed by atoms with Crippen molar-refractivity contribution in [2.24, 2.45) is 10.4 Å². The van der Waals surface area contributed by atoms with Crippen LogP contribution in [0.1, 0.15) is 39.0 Å². The van der Waals surface area contributed by atoms with Crippen molar-refractivity contribution in [3.8, 4) is 0 Å². The highest BCUT2D eigenvalue weighted by molar-refractivity contribution is 5.79.